The second-order valence-corrected chi connectivity index (χ2v) is 11.5. The fraction of sp³-hybridized carbons (Fsp3) is 0.364. The van der Waals surface area contributed by atoms with E-state index in [2.05, 4.69) is 47.1 Å². The van der Waals surface area contributed by atoms with E-state index in [-0.39, 0.29) is 30.0 Å². The molecule has 6 rings (SSSR count). The summed E-state index contributed by atoms with van der Waals surface area (Å²) in [6.07, 6.45) is 4.59. The number of hydrogen-bond acceptors (Lipinski definition) is 2. The first-order valence-corrected chi connectivity index (χ1v) is 13.9. The van der Waals surface area contributed by atoms with Crippen LogP contribution in [-0.4, -0.2) is 41.3 Å². The van der Waals surface area contributed by atoms with E-state index in [1.165, 1.54) is 34.8 Å². The van der Waals surface area contributed by atoms with Crippen LogP contribution in [0.2, 0.25) is 0 Å². The van der Waals surface area contributed by atoms with Crippen molar-refractivity contribution in [1.29, 1.82) is 0 Å². The number of amides is 1. The lowest BCUT2D eigenvalue weighted by Gasteiger charge is -2.52. The Bertz CT molecular complexity index is 1480. The number of carbonyl (C=O) groups is 1. The number of carbonyl (C=O) groups excluding carboxylic acids is 1. The number of aromatic amines is 1. The molecule has 1 amide bonds. The number of nitrogens with zero attached hydrogens (tertiary/aromatic N) is 2. The zero-order valence-corrected chi connectivity index (χ0v) is 22.6. The molecule has 3 aromatic carbocycles. The maximum Gasteiger partial charge on any atom is 0.227 e. The summed E-state index contributed by atoms with van der Waals surface area (Å²) in [7, 11) is 4.13. The number of para-hydroxylation sites is 1. The van der Waals surface area contributed by atoms with Crippen molar-refractivity contribution in [2.24, 2.45) is 5.92 Å². The number of fused-ring (bicyclic) bond motifs is 4. The van der Waals surface area contributed by atoms with Crippen molar-refractivity contribution in [3.8, 4) is 0 Å². The van der Waals surface area contributed by atoms with Crippen LogP contribution in [0.5, 0.6) is 0 Å². The van der Waals surface area contributed by atoms with Gasteiger partial charge in [0.25, 0.3) is 0 Å². The normalized spacial score (nSPS) is 21.9. The molecule has 1 aliphatic carbocycles. The van der Waals surface area contributed by atoms with Crippen LogP contribution < -0.4 is 0 Å². The quantitative estimate of drug-likeness (QED) is 0.311. The molecule has 6 heteroatoms. The average Bonchev–Trinajstić information content (AvgIpc) is 3.31. The molecule has 2 heterocycles. The fourth-order valence-corrected chi connectivity index (χ4v) is 7.30. The van der Waals surface area contributed by atoms with Crippen molar-refractivity contribution in [3.63, 3.8) is 0 Å². The van der Waals surface area contributed by atoms with Crippen molar-refractivity contribution in [2.45, 2.75) is 50.1 Å². The largest absolute Gasteiger partial charge is 0.356 e. The van der Waals surface area contributed by atoms with Gasteiger partial charge in [0.05, 0.1) is 12.0 Å². The number of rotatable bonds is 5. The molecule has 1 unspecified atom stereocenters. The summed E-state index contributed by atoms with van der Waals surface area (Å²) in [5.74, 6) is -0.0792. The van der Waals surface area contributed by atoms with Crippen molar-refractivity contribution >= 4 is 16.8 Å². The molecule has 1 saturated carbocycles. The summed E-state index contributed by atoms with van der Waals surface area (Å²) in [5, 5.41) is 1.24. The highest BCUT2D eigenvalue weighted by molar-refractivity contribution is 5.87. The van der Waals surface area contributed by atoms with Crippen molar-refractivity contribution in [2.75, 3.05) is 20.6 Å². The zero-order valence-electron chi connectivity index (χ0n) is 22.6. The predicted octanol–water partition coefficient (Wildman–Crippen LogP) is 6.76. The van der Waals surface area contributed by atoms with Gasteiger partial charge in [-0.3, -0.25) is 4.79 Å². The molecule has 2 aliphatic rings. The van der Waals surface area contributed by atoms with Crippen LogP contribution in [0.4, 0.5) is 8.78 Å². The summed E-state index contributed by atoms with van der Waals surface area (Å²) >= 11 is 0. The van der Waals surface area contributed by atoms with Gasteiger partial charge in [0.2, 0.25) is 5.91 Å². The minimum Gasteiger partial charge on any atom is -0.356 e. The van der Waals surface area contributed by atoms with Gasteiger partial charge in [-0.1, -0.05) is 42.5 Å². The lowest BCUT2D eigenvalue weighted by Crippen LogP contribution is -2.56. The van der Waals surface area contributed by atoms with Crippen molar-refractivity contribution in [1.82, 2.24) is 14.8 Å². The number of H-pyrrole nitrogens is 1. The Morgan fingerprint density at radius 2 is 1.74 bits per heavy atom. The molecule has 4 aromatic rings. The van der Waals surface area contributed by atoms with Crippen LogP contribution in [-0.2, 0) is 23.2 Å². The summed E-state index contributed by atoms with van der Waals surface area (Å²) in [6.45, 7) is 0.667. The van der Waals surface area contributed by atoms with Crippen LogP contribution in [0.1, 0.15) is 54.1 Å². The molecule has 39 heavy (non-hydrogen) atoms. The lowest BCUT2D eigenvalue weighted by molar-refractivity contribution is -0.141. The van der Waals surface area contributed by atoms with Crippen LogP contribution in [0.3, 0.4) is 0 Å². The van der Waals surface area contributed by atoms with Crippen LogP contribution in [0.15, 0.2) is 72.8 Å². The Morgan fingerprint density at radius 1 is 1.00 bits per heavy atom. The molecule has 1 aromatic heterocycles. The van der Waals surface area contributed by atoms with Crippen LogP contribution in [0.25, 0.3) is 10.9 Å². The van der Waals surface area contributed by atoms with E-state index in [0.29, 0.717) is 12.5 Å². The number of benzene rings is 3. The van der Waals surface area contributed by atoms with Gasteiger partial charge in [-0.15, -0.1) is 0 Å². The third-order valence-electron chi connectivity index (χ3n) is 9.00. The van der Waals surface area contributed by atoms with Crippen LogP contribution in [0, 0.1) is 17.6 Å². The van der Waals surface area contributed by atoms with Gasteiger partial charge < -0.3 is 14.8 Å². The molecule has 1 fully saturated rings. The third-order valence-corrected chi connectivity index (χ3v) is 9.00. The number of halogens is 2. The van der Waals surface area contributed by atoms with E-state index in [1.54, 1.807) is 24.3 Å². The highest BCUT2D eigenvalue weighted by Crippen LogP contribution is 2.51. The average molecular weight is 528 g/mol. The lowest BCUT2D eigenvalue weighted by atomic mass is 9.68. The number of hydrogen-bond donors (Lipinski definition) is 1. The maximum atomic E-state index is 14.2. The summed E-state index contributed by atoms with van der Waals surface area (Å²) in [6, 6.07) is 21.7. The molecule has 0 bridgehead atoms. The Labute approximate surface area is 228 Å². The summed E-state index contributed by atoms with van der Waals surface area (Å²) < 4.78 is 27.7. The molecule has 0 saturated heterocycles. The molecule has 1 aliphatic heterocycles. The molecule has 4 nitrogen and oxygen atoms in total. The molecular formula is C33H35F2N3O. The van der Waals surface area contributed by atoms with Crippen LogP contribution >= 0.6 is 0 Å². The minimum absolute atomic E-state index is 0.0821. The smallest absolute Gasteiger partial charge is 0.227 e. The van der Waals surface area contributed by atoms with Gasteiger partial charge in [-0.05, 0) is 99.1 Å². The summed E-state index contributed by atoms with van der Waals surface area (Å²) in [5.41, 5.74) is 5.02. The highest BCUT2D eigenvalue weighted by Gasteiger charge is 2.49. The first-order chi connectivity index (χ1) is 18.9. The number of nitrogens with one attached hydrogen (secondary N) is 1. The van der Waals surface area contributed by atoms with E-state index in [4.69, 9.17) is 0 Å². The second kappa shape index (κ2) is 10.2. The Morgan fingerprint density at radius 3 is 2.46 bits per heavy atom. The van der Waals surface area contributed by atoms with Crippen molar-refractivity contribution in [3.05, 3.63) is 107 Å². The predicted molar refractivity (Wildman–Crippen MR) is 150 cm³/mol. The number of aromatic nitrogens is 1. The topological polar surface area (TPSA) is 39.3 Å². The molecule has 1 N–H and O–H groups in total. The Balaban J connectivity index is 1.35. The van der Waals surface area contributed by atoms with E-state index >= 15 is 0 Å². The van der Waals surface area contributed by atoms with Gasteiger partial charge in [-0.25, -0.2) is 8.78 Å². The Kier molecular flexibility index (Phi) is 6.76. The zero-order chi connectivity index (χ0) is 27.1. The van der Waals surface area contributed by atoms with Gasteiger partial charge in [-0.2, -0.15) is 0 Å². The maximum absolute atomic E-state index is 14.2. The van der Waals surface area contributed by atoms with Gasteiger partial charge in [0.1, 0.15) is 11.6 Å². The first kappa shape index (κ1) is 25.8. The Hall–Kier alpha value is -3.51. The highest BCUT2D eigenvalue weighted by atomic mass is 19.1. The minimum atomic E-state index is -0.418. The molecular weight excluding hydrogens is 492 g/mol. The molecule has 0 radical (unpaired) electrons. The van der Waals surface area contributed by atoms with Gasteiger partial charge >= 0.3 is 0 Å². The van der Waals surface area contributed by atoms with Gasteiger partial charge in [0, 0.05) is 29.2 Å². The molecule has 1 atom stereocenters. The van der Waals surface area contributed by atoms with E-state index in [0.717, 1.165) is 48.7 Å². The molecule has 1 spiro atoms. The standard InChI is InChI=1S/C33H35F2N3O/c1-37(2)31(24-6-5-7-26(35)21-24)23-14-17-33(18-15-23)32-28(27-8-3-4-9-29(27)36-32)16-19-38(33)30(39)20-22-10-12-25(34)13-11-22/h3-13,21,23,31,36H,14-20H2,1-2H3. The summed E-state index contributed by atoms with van der Waals surface area (Å²) in [4.78, 5) is 21.9. The van der Waals surface area contributed by atoms with Gasteiger partial charge in [0.15, 0.2) is 0 Å². The SMILES string of the molecule is CN(C)C(c1cccc(F)c1)C1CCC2(CC1)c1[nH]c3ccccc3c1CCN2C(=O)Cc1ccc(F)cc1. The van der Waals surface area contributed by atoms with Crippen molar-refractivity contribution < 1.29 is 13.6 Å². The monoisotopic (exact) mass is 527 g/mol. The van der Waals surface area contributed by atoms with E-state index < -0.39 is 5.54 Å². The first-order valence-electron chi connectivity index (χ1n) is 13.9. The van der Waals surface area contributed by atoms with E-state index in [1.807, 2.05) is 12.1 Å². The second-order valence-electron chi connectivity index (χ2n) is 11.5. The molecule has 202 valence electrons. The third kappa shape index (κ3) is 4.65. The fourth-order valence-electron chi connectivity index (χ4n) is 7.30. The van der Waals surface area contributed by atoms with E-state index in [9.17, 15) is 13.6 Å².